The second-order valence-corrected chi connectivity index (χ2v) is 6.21. The molecule has 1 aliphatic carbocycles. The molecule has 4 nitrogen and oxygen atoms in total. The van der Waals surface area contributed by atoms with Gasteiger partial charge in [-0.05, 0) is 38.5 Å². The fourth-order valence-electron chi connectivity index (χ4n) is 3.25. The number of aliphatic imine (C=N–C) groups is 1. The highest BCUT2D eigenvalue weighted by Gasteiger charge is 2.51. The SMILES string of the molecule is C=C[C@@H]1C(C)[C@H]1[C@@H](C)N1C(=O)CC(C)(C)N=C1N. The zero-order valence-corrected chi connectivity index (χ0v) is 11.7. The van der Waals surface area contributed by atoms with Crippen LogP contribution < -0.4 is 5.73 Å². The van der Waals surface area contributed by atoms with Gasteiger partial charge < -0.3 is 5.73 Å². The molecule has 0 radical (unpaired) electrons. The van der Waals surface area contributed by atoms with Crippen LogP contribution in [-0.2, 0) is 4.79 Å². The second-order valence-electron chi connectivity index (χ2n) is 6.21. The Morgan fingerprint density at radius 2 is 2.22 bits per heavy atom. The average molecular weight is 249 g/mol. The molecule has 0 bridgehead atoms. The predicted octanol–water partition coefficient (Wildman–Crippen LogP) is 1.77. The van der Waals surface area contributed by atoms with E-state index in [0.29, 0.717) is 30.1 Å². The van der Waals surface area contributed by atoms with Crippen molar-refractivity contribution < 1.29 is 4.79 Å². The van der Waals surface area contributed by atoms with Gasteiger partial charge in [0.1, 0.15) is 0 Å². The first-order chi connectivity index (χ1) is 8.28. The Kier molecular flexibility index (Phi) is 2.99. The molecule has 1 unspecified atom stereocenters. The number of allylic oxidation sites excluding steroid dienone is 1. The highest BCUT2D eigenvalue weighted by Crippen LogP contribution is 2.50. The van der Waals surface area contributed by atoms with Crippen LogP contribution in [0.4, 0.5) is 0 Å². The summed E-state index contributed by atoms with van der Waals surface area (Å²) in [7, 11) is 0. The van der Waals surface area contributed by atoms with Crippen LogP contribution in [0.25, 0.3) is 0 Å². The van der Waals surface area contributed by atoms with E-state index < -0.39 is 0 Å². The van der Waals surface area contributed by atoms with E-state index in [0.717, 1.165) is 0 Å². The van der Waals surface area contributed by atoms with Crippen LogP contribution >= 0.6 is 0 Å². The molecule has 18 heavy (non-hydrogen) atoms. The van der Waals surface area contributed by atoms with Crippen molar-refractivity contribution in [2.24, 2.45) is 28.5 Å². The lowest BCUT2D eigenvalue weighted by Crippen LogP contribution is -2.54. The van der Waals surface area contributed by atoms with Crippen molar-refractivity contribution in [3.05, 3.63) is 12.7 Å². The lowest BCUT2D eigenvalue weighted by atomic mass is 9.97. The van der Waals surface area contributed by atoms with E-state index in [1.807, 2.05) is 19.9 Å². The van der Waals surface area contributed by atoms with Gasteiger partial charge >= 0.3 is 0 Å². The van der Waals surface area contributed by atoms with Gasteiger partial charge in [-0.1, -0.05) is 13.0 Å². The fourth-order valence-corrected chi connectivity index (χ4v) is 3.25. The molecule has 1 fully saturated rings. The van der Waals surface area contributed by atoms with Crippen LogP contribution in [0.3, 0.4) is 0 Å². The number of hydrogen-bond donors (Lipinski definition) is 1. The van der Waals surface area contributed by atoms with Gasteiger partial charge in [-0.15, -0.1) is 6.58 Å². The Hall–Kier alpha value is -1.32. The van der Waals surface area contributed by atoms with E-state index in [9.17, 15) is 4.79 Å². The zero-order valence-electron chi connectivity index (χ0n) is 11.7. The maximum Gasteiger partial charge on any atom is 0.231 e. The highest BCUT2D eigenvalue weighted by atomic mass is 16.2. The fraction of sp³-hybridized carbons (Fsp3) is 0.714. The van der Waals surface area contributed by atoms with Gasteiger partial charge in [-0.25, -0.2) is 4.99 Å². The summed E-state index contributed by atoms with van der Waals surface area (Å²) >= 11 is 0. The number of nitrogens with zero attached hydrogens (tertiary/aromatic N) is 2. The number of guanidine groups is 1. The molecule has 1 saturated carbocycles. The smallest absolute Gasteiger partial charge is 0.231 e. The Morgan fingerprint density at radius 1 is 1.61 bits per heavy atom. The minimum Gasteiger partial charge on any atom is -0.369 e. The lowest BCUT2D eigenvalue weighted by molar-refractivity contribution is -0.131. The molecule has 0 aromatic heterocycles. The molecule has 1 aliphatic heterocycles. The largest absolute Gasteiger partial charge is 0.369 e. The molecule has 2 rings (SSSR count). The van der Waals surface area contributed by atoms with Crippen LogP contribution in [0.15, 0.2) is 17.6 Å². The molecule has 0 spiro atoms. The number of carbonyl (C=O) groups excluding carboxylic acids is 1. The summed E-state index contributed by atoms with van der Waals surface area (Å²) in [4.78, 5) is 18.3. The summed E-state index contributed by atoms with van der Waals surface area (Å²) in [6.45, 7) is 12.0. The minimum absolute atomic E-state index is 0.0851. The second kappa shape index (κ2) is 4.11. The number of carbonyl (C=O) groups is 1. The molecule has 100 valence electrons. The van der Waals surface area contributed by atoms with Crippen LogP contribution in [-0.4, -0.2) is 28.3 Å². The van der Waals surface area contributed by atoms with Gasteiger partial charge in [0.15, 0.2) is 5.96 Å². The number of nitrogens with two attached hydrogens (primary N) is 1. The zero-order chi connectivity index (χ0) is 13.7. The molecule has 2 N–H and O–H groups in total. The lowest BCUT2D eigenvalue weighted by Gasteiger charge is -2.36. The van der Waals surface area contributed by atoms with Crippen LogP contribution in [0.5, 0.6) is 0 Å². The first kappa shape index (κ1) is 13.1. The maximum atomic E-state index is 12.2. The molecular weight excluding hydrogens is 226 g/mol. The van der Waals surface area contributed by atoms with Gasteiger partial charge in [0.2, 0.25) is 5.91 Å². The summed E-state index contributed by atoms with van der Waals surface area (Å²) < 4.78 is 0. The van der Waals surface area contributed by atoms with Gasteiger partial charge in [0.05, 0.1) is 12.0 Å². The van der Waals surface area contributed by atoms with Crippen LogP contribution in [0, 0.1) is 17.8 Å². The Balaban J connectivity index is 2.19. The summed E-state index contributed by atoms with van der Waals surface area (Å²) in [5.74, 6) is 1.98. The van der Waals surface area contributed by atoms with E-state index in [1.54, 1.807) is 4.90 Å². The van der Waals surface area contributed by atoms with E-state index >= 15 is 0 Å². The van der Waals surface area contributed by atoms with Crippen LogP contribution in [0.1, 0.15) is 34.1 Å². The molecule has 4 atom stereocenters. The van der Waals surface area contributed by atoms with E-state index in [4.69, 9.17) is 5.73 Å². The van der Waals surface area contributed by atoms with Gasteiger partial charge in [0.25, 0.3) is 0 Å². The van der Waals surface area contributed by atoms with Crippen LogP contribution in [0.2, 0.25) is 0 Å². The third-order valence-corrected chi connectivity index (χ3v) is 4.27. The van der Waals surface area contributed by atoms with Crippen molar-refractivity contribution in [1.29, 1.82) is 0 Å². The minimum atomic E-state index is -0.371. The number of hydrogen-bond acceptors (Lipinski definition) is 3. The number of rotatable bonds is 3. The van der Waals surface area contributed by atoms with E-state index in [-0.39, 0.29) is 17.5 Å². The molecule has 0 aromatic rings. The van der Waals surface area contributed by atoms with Crippen molar-refractivity contribution in [1.82, 2.24) is 4.90 Å². The van der Waals surface area contributed by atoms with Crippen molar-refractivity contribution in [2.75, 3.05) is 0 Å². The van der Waals surface area contributed by atoms with Crippen molar-refractivity contribution in [2.45, 2.75) is 45.7 Å². The molecule has 0 saturated heterocycles. The third kappa shape index (κ3) is 2.04. The quantitative estimate of drug-likeness (QED) is 0.775. The summed E-state index contributed by atoms with van der Waals surface area (Å²) in [6, 6.07) is 0.107. The Morgan fingerprint density at radius 3 is 2.67 bits per heavy atom. The molecule has 0 aromatic carbocycles. The average Bonchev–Trinajstić information content (AvgIpc) is 2.85. The maximum absolute atomic E-state index is 12.2. The molecular formula is C14H23N3O. The Bertz CT molecular complexity index is 413. The first-order valence-corrected chi connectivity index (χ1v) is 6.58. The standard InChI is InChI=1S/C14H23N3O/c1-6-10-8(2)12(10)9(3)17-11(18)7-14(4,5)16-13(17)15/h6,8-10,12H,1,7H2,2-5H3,(H2,15,16)/t8?,9-,10-,12+/m1/s1. The Labute approximate surface area is 109 Å². The van der Waals surface area contributed by atoms with Gasteiger partial charge in [-0.3, -0.25) is 9.69 Å². The van der Waals surface area contributed by atoms with Gasteiger partial charge in [-0.2, -0.15) is 0 Å². The normalized spacial score (nSPS) is 36.0. The molecule has 4 heteroatoms. The first-order valence-electron chi connectivity index (χ1n) is 6.58. The highest BCUT2D eigenvalue weighted by molar-refractivity contribution is 5.99. The van der Waals surface area contributed by atoms with Crippen molar-refractivity contribution >= 4 is 11.9 Å². The monoisotopic (exact) mass is 249 g/mol. The van der Waals surface area contributed by atoms with Gasteiger partial charge in [0, 0.05) is 6.04 Å². The van der Waals surface area contributed by atoms with Crippen molar-refractivity contribution in [3.8, 4) is 0 Å². The topological polar surface area (TPSA) is 58.7 Å². The predicted molar refractivity (Wildman–Crippen MR) is 73.0 cm³/mol. The summed E-state index contributed by atoms with van der Waals surface area (Å²) in [5.41, 5.74) is 5.60. The summed E-state index contributed by atoms with van der Waals surface area (Å²) in [5, 5.41) is 0. The van der Waals surface area contributed by atoms with E-state index in [1.165, 1.54) is 0 Å². The molecule has 1 amide bonds. The van der Waals surface area contributed by atoms with Crippen molar-refractivity contribution in [3.63, 3.8) is 0 Å². The third-order valence-electron chi connectivity index (χ3n) is 4.27. The van der Waals surface area contributed by atoms with E-state index in [2.05, 4.69) is 25.4 Å². The molecule has 1 heterocycles. The summed E-state index contributed by atoms with van der Waals surface area (Å²) in [6.07, 6.45) is 2.41. The number of amides is 1. The molecule has 2 aliphatic rings.